The van der Waals surface area contributed by atoms with E-state index in [-0.39, 0.29) is 0 Å². The first-order valence-electron chi connectivity index (χ1n) is 6.16. The molecule has 5 heteroatoms. The van der Waals surface area contributed by atoms with E-state index in [1.807, 2.05) is 37.5 Å². The summed E-state index contributed by atoms with van der Waals surface area (Å²) in [5, 5.41) is 7.59. The van der Waals surface area contributed by atoms with Crippen molar-refractivity contribution in [2.24, 2.45) is 7.05 Å². The Labute approximate surface area is 126 Å². The number of thioether (sulfide) groups is 1. The fourth-order valence-electron chi connectivity index (χ4n) is 1.94. The maximum Gasteiger partial charge on any atom is 0.0738 e. The normalized spacial score (nSPS) is 10.9. The summed E-state index contributed by atoms with van der Waals surface area (Å²) in [6.45, 7) is 2.93. The maximum absolute atomic E-state index is 4.42. The van der Waals surface area contributed by atoms with Crippen molar-refractivity contribution in [3.05, 3.63) is 45.7 Å². The van der Waals surface area contributed by atoms with Gasteiger partial charge in [0, 0.05) is 24.2 Å². The average Bonchev–Trinajstić information content (AvgIpc) is 2.62. The largest absolute Gasteiger partial charge is 0.316 e. The quantitative estimate of drug-likeness (QED) is 0.845. The van der Waals surface area contributed by atoms with Gasteiger partial charge in [-0.15, -0.1) is 11.8 Å². The van der Waals surface area contributed by atoms with Gasteiger partial charge in [-0.1, -0.05) is 12.1 Å². The number of benzene rings is 1. The summed E-state index contributed by atoms with van der Waals surface area (Å²) >= 11 is 5.44. The fraction of sp³-hybridized carbons (Fsp3) is 0.357. The second-order valence-electron chi connectivity index (χ2n) is 4.44. The monoisotopic (exact) mass is 339 g/mol. The van der Waals surface area contributed by atoms with Crippen molar-refractivity contribution in [3.8, 4) is 0 Å². The van der Waals surface area contributed by atoms with Gasteiger partial charge in [0.2, 0.25) is 0 Å². The van der Waals surface area contributed by atoms with E-state index < -0.39 is 0 Å². The van der Waals surface area contributed by atoms with Crippen molar-refractivity contribution in [3.63, 3.8) is 0 Å². The number of halogens is 1. The van der Waals surface area contributed by atoms with Gasteiger partial charge in [-0.25, -0.2) is 0 Å². The highest BCUT2D eigenvalue weighted by Gasteiger charge is 2.10. The van der Waals surface area contributed by atoms with Crippen molar-refractivity contribution in [1.29, 1.82) is 0 Å². The number of nitrogens with one attached hydrogen (secondary N) is 1. The summed E-state index contributed by atoms with van der Waals surface area (Å²) in [4.78, 5) is 1.29. The lowest BCUT2D eigenvalue weighted by Crippen LogP contribution is -2.04. The molecule has 2 rings (SSSR count). The van der Waals surface area contributed by atoms with E-state index in [1.54, 1.807) is 0 Å². The lowest BCUT2D eigenvalue weighted by Gasteiger charge is -2.06. The number of aromatic nitrogens is 2. The van der Waals surface area contributed by atoms with Crippen LogP contribution in [0.15, 0.2) is 33.6 Å². The average molecular weight is 340 g/mol. The molecule has 0 unspecified atom stereocenters. The van der Waals surface area contributed by atoms with Crippen LogP contribution in [-0.4, -0.2) is 16.8 Å². The van der Waals surface area contributed by atoms with Crippen LogP contribution >= 0.6 is 27.7 Å². The molecule has 1 heterocycles. The molecule has 0 spiro atoms. The Morgan fingerprint density at radius 2 is 2.21 bits per heavy atom. The molecule has 0 aliphatic rings. The number of rotatable bonds is 5. The van der Waals surface area contributed by atoms with Crippen LogP contribution in [0.25, 0.3) is 0 Å². The van der Waals surface area contributed by atoms with Crippen LogP contribution in [-0.2, 0) is 19.3 Å². The number of hydrogen-bond acceptors (Lipinski definition) is 3. The molecule has 3 nitrogen and oxygen atoms in total. The number of nitrogens with zero attached hydrogens (tertiary/aromatic N) is 2. The second-order valence-corrected chi connectivity index (χ2v) is 6.28. The smallest absolute Gasteiger partial charge is 0.0738 e. The lowest BCUT2D eigenvalue weighted by molar-refractivity contribution is 0.727. The Balaban J connectivity index is 2.08. The molecule has 0 fully saturated rings. The predicted octanol–water partition coefficient (Wildman–Crippen LogP) is 3.50. The summed E-state index contributed by atoms with van der Waals surface area (Å²) in [6.07, 6.45) is 0. The Morgan fingerprint density at radius 3 is 2.84 bits per heavy atom. The highest BCUT2D eigenvalue weighted by molar-refractivity contribution is 9.10. The van der Waals surface area contributed by atoms with Gasteiger partial charge in [0.05, 0.1) is 15.9 Å². The molecule has 2 aromatic rings. The van der Waals surface area contributed by atoms with Gasteiger partial charge in [0.1, 0.15) is 0 Å². The molecule has 19 heavy (non-hydrogen) atoms. The zero-order chi connectivity index (χ0) is 13.8. The second kappa shape index (κ2) is 6.59. The third-order valence-corrected chi connectivity index (χ3v) is 4.95. The first-order chi connectivity index (χ1) is 9.11. The fourth-order valence-corrected chi connectivity index (χ4v) is 3.64. The number of hydrogen-bond donors (Lipinski definition) is 1. The van der Waals surface area contributed by atoms with E-state index in [1.165, 1.54) is 16.2 Å². The van der Waals surface area contributed by atoms with Crippen molar-refractivity contribution >= 4 is 27.7 Å². The maximum atomic E-state index is 4.42. The molecule has 1 N–H and O–H groups in total. The molecule has 102 valence electrons. The zero-order valence-corrected chi connectivity index (χ0v) is 13.8. The van der Waals surface area contributed by atoms with Gasteiger partial charge in [-0.05, 0) is 47.6 Å². The molecule has 1 aromatic heterocycles. The summed E-state index contributed by atoms with van der Waals surface area (Å²) < 4.78 is 3.07. The first kappa shape index (κ1) is 14.6. The summed E-state index contributed by atoms with van der Waals surface area (Å²) in [5.41, 5.74) is 3.58. The summed E-state index contributed by atoms with van der Waals surface area (Å²) in [6, 6.07) is 8.64. The predicted molar refractivity (Wildman–Crippen MR) is 84.4 cm³/mol. The zero-order valence-electron chi connectivity index (χ0n) is 11.4. The molecular formula is C14H18BrN3S. The van der Waals surface area contributed by atoms with Crippen LogP contribution in [0.2, 0.25) is 0 Å². The molecule has 0 saturated heterocycles. The SMILES string of the molecule is CNCc1cccc(SCc2c(Br)c(C)nn2C)c1. The molecule has 0 radical (unpaired) electrons. The Morgan fingerprint density at radius 1 is 1.42 bits per heavy atom. The summed E-state index contributed by atoms with van der Waals surface area (Å²) in [7, 11) is 3.96. The van der Waals surface area contributed by atoms with Crippen LogP contribution in [0.1, 0.15) is 17.0 Å². The molecule has 0 atom stereocenters. The Kier molecular flexibility index (Phi) is 5.07. The van der Waals surface area contributed by atoms with Crippen molar-refractivity contribution in [2.75, 3.05) is 7.05 Å². The minimum Gasteiger partial charge on any atom is -0.316 e. The topological polar surface area (TPSA) is 29.9 Å². The van der Waals surface area contributed by atoms with Crippen LogP contribution in [0.4, 0.5) is 0 Å². The Bertz CT molecular complexity index is 566. The minimum atomic E-state index is 0.906. The van der Waals surface area contributed by atoms with Crippen LogP contribution in [0, 0.1) is 6.92 Å². The molecule has 0 bridgehead atoms. The first-order valence-corrected chi connectivity index (χ1v) is 7.94. The van der Waals surface area contributed by atoms with Crippen molar-refractivity contribution in [2.45, 2.75) is 24.1 Å². The van der Waals surface area contributed by atoms with Crippen molar-refractivity contribution in [1.82, 2.24) is 15.1 Å². The van der Waals surface area contributed by atoms with E-state index in [2.05, 4.69) is 50.6 Å². The van der Waals surface area contributed by atoms with Gasteiger partial charge in [0.15, 0.2) is 0 Å². The van der Waals surface area contributed by atoms with E-state index in [9.17, 15) is 0 Å². The molecular weight excluding hydrogens is 322 g/mol. The van der Waals surface area contributed by atoms with Gasteiger partial charge < -0.3 is 5.32 Å². The highest BCUT2D eigenvalue weighted by Crippen LogP contribution is 2.28. The van der Waals surface area contributed by atoms with E-state index in [4.69, 9.17) is 0 Å². The van der Waals surface area contributed by atoms with Gasteiger partial charge in [0.25, 0.3) is 0 Å². The van der Waals surface area contributed by atoms with Gasteiger partial charge in [-0.2, -0.15) is 5.10 Å². The van der Waals surface area contributed by atoms with Crippen LogP contribution < -0.4 is 5.32 Å². The van der Waals surface area contributed by atoms with Gasteiger partial charge >= 0.3 is 0 Å². The molecule has 1 aromatic carbocycles. The standard InChI is InChI=1S/C14H18BrN3S/c1-10-14(15)13(18(3)17-10)9-19-12-6-4-5-11(7-12)8-16-2/h4-7,16H,8-9H2,1-3H3. The summed E-state index contributed by atoms with van der Waals surface area (Å²) in [5.74, 6) is 0.918. The number of aryl methyl sites for hydroxylation is 2. The van der Waals surface area contributed by atoms with Crippen molar-refractivity contribution < 1.29 is 0 Å². The van der Waals surface area contributed by atoms with E-state index in [0.717, 1.165) is 22.5 Å². The molecule has 0 aliphatic carbocycles. The molecule has 0 aliphatic heterocycles. The molecule has 0 saturated carbocycles. The van der Waals surface area contributed by atoms with Crippen LogP contribution in [0.5, 0.6) is 0 Å². The van der Waals surface area contributed by atoms with Crippen LogP contribution in [0.3, 0.4) is 0 Å². The Hall–Kier alpha value is -0.780. The third kappa shape index (κ3) is 3.61. The van der Waals surface area contributed by atoms with Gasteiger partial charge in [-0.3, -0.25) is 4.68 Å². The highest BCUT2D eigenvalue weighted by atomic mass is 79.9. The lowest BCUT2D eigenvalue weighted by atomic mass is 10.2. The minimum absolute atomic E-state index is 0.906. The molecule has 0 amide bonds. The van der Waals surface area contributed by atoms with E-state index >= 15 is 0 Å². The third-order valence-electron chi connectivity index (χ3n) is 2.92. The van der Waals surface area contributed by atoms with E-state index in [0.29, 0.717) is 0 Å².